The van der Waals surface area contributed by atoms with Gasteiger partial charge in [-0.05, 0) is 0 Å². The van der Waals surface area contributed by atoms with Crippen LogP contribution in [0.3, 0.4) is 0 Å². The van der Waals surface area contributed by atoms with Gasteiger partial charge in [0.1, 0.15) is 0 Å². The Bertz CT molecular complexity index is 1140. The standard InChI is InChI=1S/2C10H13O.2C7H7O.Ti/c2*1-10(2,8-11)9-6-4-3-5-7-9;2*8-6-7-4-2-1-3-5-7;/h2*3-7H,8H2,1-2H3;2*1-5H,6H2;/q4*-1;+4. The van der Waals surface area contributed by atoms with Crippen LogP contribution < -0.4 is 0 Å². The van der Waals surface area contributed by atoms with E-state index in [-0.39, 0.29) is 10.8 Å². The van der Waals surface area contributed by atoms with Gasteiger partial charge in [-0.25, -0.2) is 0 Å². The Kier molecular flexibility index (Phi) is 10.3. The fraction of sp³-hybridized carbons (Fsp3) is 0.294. The van der Waals surface area contributed by atoms with Crippen LogP contribution in [0.15, 0.2) is 121 Å². The van der Waals surface area contributed by atoms with E-state index in [1.165, 1.54) is 11.1 Å². The summed E-state index contributed by atoms with van der Waals surface area (Å²) in [6.07, 6.45) is 0. The second kappa shape index (κ2) is 13.7. The molecule has 5 heteroatoms. The summed E-state index contributed by atoms with van der Waals surface area (Å²) < 4.78 is 26.7. The normalized spacial score (nSPS) is 12.4. The molecule has 4 aromatic rings. The molecule has 0 aliphatic carbocycles. The molecular weight excluding hydrogens is 520 g/mol. The van der Waals surface area contributed by atoms with Crippen LogP contribution in [0.1, 0.15) is 49.9 Å². The SMILES string of the molecule is CC(C)(C[O][Ti]([O]Cc1ccccc1)([O]Cc1ccccc1)[O]CC(C)(C)c1ccccc1)c1ccccc1. The molecule has 0 spiro atoms. The summed E-state index contributed by atoms with van der Waals surface area (Å²) in [5, 5.41) is 0. The zero-order valence-electron chi connectivity index (χ0n) is 23.5. The number of hydrogen-bond donors (Lipinski definition) is 0. The van der Waals surface area contributed by atoms with E-state index in [2.05, 4.69) is 76.2 Å². The van der Waals surface area contributed by atoms with Gasteiger partial charge in [0.25, 0.3) is 0 Å². The molecule has 0 amide bonds. The number of hydrogen-bond acceptors (Lipinski definition) is 4. The van der Waals surface area contributed by atoms with Gasteiger partial charge in [0.05, 0.1) is 0 Å². The second-order valence-electron chi connectivity index (χ2n) is 11.1. The van der Waals surface area contributed by atoms with Crippen molar-refractivity contribution in [1.29, 1.82) is 0 Å². The van der Waals surface area contributed by atoms with Gasteiger partial charge >= 0.3 is 240 Å². The van der Waals surface area contributed by atoms with Crippen LogP contribution in [0.25, 0.3) is 0 Å². The van der Waals surface area contributed by atoms with Crippen LogP contribution in [0, 0.1) is 0 Å². The molecule has 0 aromatic heterocycles. The van der Waals surface area contributed by atoms with Crippen LogP contribution in [-0.4, -0.2) is 13.2 Å². The molecular formula is C34H40O4Ti. The van der Waals surface area contributed by atoms with E-state index in [1.807, 2.05) is 72.8 Å². The van der Waals surface area contributed by atoms with Gasteiger partial charge in [-0.1, -0.05) is 0 Å². The van der Waals surface area contributed by atoms with Crippen molar-refractivity contribution in [2.24, 2.45) is 0 Å². The molecule has 0 unspecified atom stereocenters. The summed E-state index contributed by atoms with van der Waals surface area (Å²) in [4.78, 5) is 0. The van der Waals surface area contributed by atoms with Crippen molar-refractivity contribution in [3.05, 3.63) is 144 Å². The third kappa shape index (κ3) is 8.71. The molecule has 0 aliphatic rings. The maximum absolute atomic E-state index is 6.74. The van der Waals surface area contributed by atoms with Crippen LogP contribution in [0.5, 0.6) is 0 Å². The zero-order chi connectivity index (χ0) is 27.6. The third-order valence-electron chi connectivity index (χ3n) is 6.85. The van der Waals surface area contributed by atoms with E-state index < -0.39 is 18.1 Å². The van der Waals surface area contributed by atoms with Crippen molar-refractivity contribution in [1.82, 2.24) is 0 Å². The quantitative estimate of drug-likeness (QED) is 0.146. The topological polar surface area (TPSA) is 36.9 Å². The molecule has 0 heterocycles. The van der Waals surface area contributed by atoms with Crippen molar-refractivity contribution in [3.63, 3.8) is 0 Å². The molecule has 4 rings (SSSR count). The second-order valence-corrected chi connectivity index (χ2v) is 14.5. The van der Waals surface area contributed by atoms with E-state index in [4.69, 9.17) is 13.3 Å². The minimum atomic E-state index is -4.32. The van der Waals surface area contributed by atoms with E-state index in [9.17, 15) is 0 Å². The van der Waals surface area contributed by atoms with Crippen LogP contribution in [0.4, 0.5) is 0 Å². The Morgan fingerprint density at radius 1 is 0.436 bits per heavy atom. The molecule has 204 valence electrons. The van der Waals surface area contributed by atoms with E-state index in [0.29, 0.717) is 26.4 Å². The van der Waals surface area contributed by atoms with Crippen LogP contribution in [-0.2, 0) is 55.5 Å². The first-order valence-electron chi connectivity index (χ1n) is 13.5. The first kappa shape index (κ1) is 29.4. The number of rotatable bonds is 14. The van der Waals surface area contributed by atoms with Gasteiger partial charge in [-0.2, -0.15) is 0 Å². The van der Waals surface area contributed by atoms with Crippen molar-refractivity contribution in [3.8, 4) is 0 Å². The predicted molar refractivity (Wildman–Crippen MR) is 153 cm³/mol. The zero-order valence-corrected chi connectivity index (χ0v) is 25.1. The molecule has 0 bridgehead atoms. The summed E-state index contributed by atoms with van der Waals surface area (Å²) in [6, 6.07) is 41.1. The maximum atomic E-state index is 6.74. The molecule has 0 N–H and O–H groups in total. The Morgan fingerprint density at radius 2 is 0.744 bits per heavy atom. The summed E-state index contributed by atoms with van der Waals surface area (Å²) in [5.41, 5.74) is 3.96. The Morgan fingerprint density at radius 3 is 1.08 bits per heavy atom. The summed E-state index contributed by atoms with van der Waals surface area (Å²) in [5.74, 6) is 0. The first-order chi connectivity index (χ1) is 18.8. The molecule has 0 saturated heterocycles. The molecule has 0 aliphatic heterocycles. The van der Waals surface area contributed by atoms with E-state index in [0.717, 1.165) is 11.1 Å². The predicted octanol–water partition coefficient (Wildman–Crippen LogP) is 8.22. The average molecular weight is 561 g/mol. The summed E-state index contributed by atoms with van der Waals surface area (Å²) >= 11 is -4.32. The van der Waals surface area contributed by atoms with Gasteiger partial charge in [0.2, 0.25) is 0 Å². The Hall–Kier alpha value is -2.57. The third-order valence-corrected chi connectivity index (χ3v) is 9.96. The van der Waals surface area contributed by atoms with E-state index in [1.54, 1.807) is 0 Å². The number of benzene rings is 4. The van der Waals surface area contributed by atoms with Crippen molar-refractivity contribution < 1.29 is 31.4 Å². The van der Waals surface area contributed by atoms with Gasteiger partial charge in [0.15, 0.2) is 0 Å². The van der Waals surface area contributed by atoms with Gasteiger partial charge in [-0.15, -0.1) is 0 Å². The van der Waals surface area contributed by atoms with Crippen molar-refractivity contribution >= 4 is 0 Å². The fourth-order valence-corrected chi connectivity index (χ4v) is 7.76. The van der Waals surface area contributed by atoms with Gasteiger partial charge in [-0.3, -0.25) is 0 Å². The van der Waals surface area contributed by atoms with Gasteiger partial charge in [0, 0.05) is 0 Å². The molecule has 0 radical (unpaired) electrons. The van der Waals surface area contributed by atoms with Crippen molar-refractivity contribution in [2.75, 3.05) is 13.2 Å². The van der Waals surface area contributed by atoms with Crippen LogP contribution >= 0.6 is 0 Å². The molecule has 4 aromatic carbocycles. The molecule has 0 saturated carbocycles. The Labute approximate surface area is 239 Å². The van der Waals surface area contributed by atoms with Crippen LogP contribution in [0.2, 0.25) is 0 Å². The fourth-order valence-electron chi connectivity index (χ4n) is 4.22. The molecule has 4 nitrogen and oxygen atoms in total. The first-order valence-corrected chi connectivity index (χ1v) is 16.1. The van der Waals surface area contributed by atoms with E-state index >= 15 is 0 Å². The minimum absolute atomic E-state index is 0.262. The Balaban J connectivity index is 1.62. The molecule has 0 atom stereocenters. The van der Waals surface area contributed by atoms with Gasteiger partial charge < -0.3 is 0 Å². The molecule has 0 fully saturated rings. The average Bonchev–Trinajstić information content (AvgIpc) is 2.98. The molecule has 39 heavy (non-hydrogen) atoms. The summed E-state index contributed by atoms with van der Waals surface area (Å²) in [7, 11) is 0. The summed E-state index contributed by atoms with van der Waals surface area (Å²) in [6.45, 7) is 10.2. The monoisotopic (exact) mass is 560 g/mol. The van der Waals surface area contributed by atoms with Crippen molar-refractivity contribution in [2.45, 2.75) is 51.7 Å².